The maximum Gasteiger partial charge on any atom is 0.417 e. The fraction of sp³-hybridized carbons (Fsp3) is 0.286. The van der Waals surface area contributed by atoms with Crippen LogP contribution in [0, 0.1) is 0 Å². The fourth-order valence-electron chi connectivity index (χ4n) is 3.20. The highest BCUT2D eigenvalue weighted by atomic mass is 16.6. The van der Waals surface area contributed by atoms with E-state index in [0.717, 1.165) is 16.0 Å². The SMILES string of the molecule is COC(=O)N1C(=O)CCC[C@H]1C(=O)OC(c1ccccc1)c1ccccc1. The van der Waals surface area contributed by atoms with Gasteiger partial charge in [0.25, 0.3) is 0 Å². The van der Waals surface area contributed by atoms with Gasteiger partial charge in [0.05, 0.1) is 7.11 Å². The Kier molecular flexibility index (Phi) is 5.86. The molecule has 0 N–H and O–H groups in total. The topological polar surface area (TPSA) is 72.9 Å². The van der Waals surface area contributed by atoms with E-state index in [1.54, 1.807) is 0 Å². The third kappa shape index (κ3) is 4.16. The summed E-state index contributed by atoms with van der Waals surface area (Å²) < 4.78 is 10.5. The molecule has 6 nitrogen and oxygen atoms in total. The predicted molar refractivity (Wildman–Crippen MR) is 97.7 cm³/mol. The van der Waals surface area contributed by atoms with Gasteiger partial charge in [-0.15, -0.1) is 0 Å². The van der Waals surface area contributed by atoms with Gasteiger partial charge in [0.2, 0.25) is 5.91 Å². The number of ether oxygens (including phenoxy) is 2. The molecule has 0 radical (unpaired) electrons. The standard InChI is InChI=1S/C21H21NO5/c1-26-21(25)22-17(13-8-14-18(22)23)20(24)27-19(15-9-4-2-5-10-15)16-11-6-3-7-12-16/h2-7,9-12,17,19H,8,13-14H2,1H3/t17-/m0/s1. The lowest BCUT2D eigenvalue weighted by atomic mass is 10.00. The van der Waals surface area contributed by atoms with E-state index >= 15 is 0 Å². The normalized spacial score (nSPS) is 16.9. The smallest absolute Gasteiger partial charge is 0.417 e. The zero-order chi connectivity index (χ0) is 19.2. The maximum atomic E-state index is 12.9. The van der Waals surface area contributed by atoms with Crippen LogP contribution in [0.25, 0.3) is 0 Å². The second-order valence-corrected chi connectivity index (χ2v) is 6.28. The Balaban J connectivity index is 1.88. The van der Waals surface area contributed by atoms with Crippen molar-refractivity contribution < 1.29 is 23.9 Å². The third-order valence-electron chi connectivity index (χ3n) is 4.53. The molecule has 2 amide bonds. The number of benzene rings is 2. The van der Waals surface area contributed by atoms with Crippen LogP contribution in [0.4, 0.5) is 4.79 Å². The van der Waals surface area contributed by atoms with Crippen molar-refractivity contribution in [2.24, 2.45) is 0 Å². The van der Waals surface area contributed by atoms with Crippen molar-refractivity contribution in [3.05, 3.63) is 71.8 Å². The Bertz CT molecular complexity index is 758. The number of likely N-dealkylation sites (tertiary alicyclic amines) is 1. The van der Waals surface area contributed by atoms with Gasteiger partial charge < -0.3 is 9.47 Å². The van der Waals surface area contributed by atoms with Crippen LogP contribution in [-0.2, 0) is 19.1 Å². The van der Waals surface area contributed by atoms with Crippen LogP contribution in [0.15, 0.2) is 60.7 Å². The van der Waals surface area contributed by atoms with E-state index < -0.39 is 30.1 Å². The van der Waals surface area contributed by atoms with Crippen molar-refractivity contribution in [3.63, 3.8) is 0 Å². The number of piperidine rings is 1. The van der Waals surface area contributed by atoms with Crippen LogP contribution in [-0.4, -0.2) is 36.0 Å². The molecule has 140 valence electrons. The zero-order valence-corrected chi connectivity index (χ0v) is 15.0. The van der Waals surface area contributed by atoms with Crippen LogP contribution in [0.2, 0.25) is 0 Å². The summed E-state index contributed by atoms with van der Waals surface area (Å²) in [4.78, 5) is 37.9. The van der Waals surface area contributed by atoms with Gasteiger partial charge in [0.1, 0.15) is 6.04 Å². The molecule has 1 heterocycles. The number of esters is 1. The van der Waals surface area contributed by atoms with Crippen molar-refractivity contribution in [2.45, 2.75) is 31.4 Å². The Morgan fingerprint density at radius 3 is 2.07 bits per heavy atom. The van der Waals surface area contributed by atoms with Gasteiger partial charge in [-0.2, -0.15) is 0 Å². The number of methoxy groups -OCH3 is 1. The highest BCUT2D eigenvalue weighted by Crippen LogP contribution is 2.29. The number of hydrogen-bond donors (Lipinski definition) is 0. The van der Waals surface area contributed by atoms with Crippen molar-refractivity contribution >= 4 is 18.0 Å². The third-order valence-corrected chi connectivity index (χ3v) is 4.53. The molecule has 1 aliphatic rings. The van der Waals surface area contributed by atoms with Crippen molar-refractivity contribution in [2.75, 3.05) is 7.11 Å². The minimum absolute atomic E-state index is 0.208. The van der Waals surface area contributed by atoms with E-state index in [-0.39, 0.29) is 6.42 Å². The monoisotopic (exact) mass is 367 g/mol. The summed E-state index contributed by atoms with van der Waals surface area (Å²) in [6.45, 7) is 0. The number of hydrogen-bond acceptors (Lipinski definition) is 5. The zero-order valence-electron chi connectivity index (χ0n) is 15.0. The summed E-state index contributed by atoms with van der Waals surface area (Å²) in [6, 6.07) is 17.7. The number of nitrogens with zero attached hydrogens (tertiary/aromatic N) is 1. The van der Waals surface area contributed by atoms with Gasteiger partial charge in [-0.3, -0.25) is 4.79 Å². The molecular formula is C21H21NO5. The fourth-order valence-corrected chi connectivity index (χ4v) is 3.20. The summed E-state index contributed by atoms with van der Waals surface area (Å²) >= 11 is 0. The minimum Gasteiger partial charge on any atom is -0.452 e. The predicted octanol–water partition coefficient (Wildman–Crippen LogP) is 3.47. The van der Waals surface area contributed by atoms with E-state index in [4.69, 9.17) is 4.74 Å². The Morgan fingerprint density at radius 1 is 1.00 bits per heavy atom. The first-order chi connectivity index (χ1) is 13.1. The van der Waals surface area contributed by atoms with Crippen LogP contribution in [0.5, 0.6) is 0 Å². The number of rotatable bonds is 4. The van der Waals surface area contributed by atoms with E-state index in [2.05, 4.69) is 4.74 Å². The molecule has 0 aromatic heterocycles. The number of amides is 2. The Morgan fingerprint density at radius 2 is 1.56 bits per heavy atom. The molecule has 1 saturated heterocycles. The Labute approximate surface area is 157 Å². The molecule has 0 bridgehead atoms. The first-order valence-electron chi connectivity index (χ1n) is 8.82. The molecule has 0 saturated carbocycles. The van der Waals surface area contributed by atoms with Crippen molar-refractivity contribution in [1.82, 2.24) is 4.90 Å². The van der Waals surface area contributed by atoms with Crippen LogP contribution in [0.1, 0.15) is 36.5 Å². The first-order valence-corrected chi connectivity index (χ1v) is 8.82. The van der Waals surface area contributed by atoms with Crippen molar-refractivity contribution in [3.8, 4) is 0 Å². The summed E-state index contributed by atoms with van der Waals surface area (Å²) in [5, 5.41) is 0. The van der Waals surface area contributed by atoms with Gasteiger partial charge in [0, 0.05) is 6.42 Å². The number of imide groups is 1. The lowest BCUT2D eigenvalue weighted by Gasteiger charge is -2.32. The number of carbonyl (C=O) groups is 3. The molecule has 27 heavy (non-hydrogen) atoms. The van der Waals surface area contributed by atoms with Crippen LogP contribution >= 0.6 is 0 Å². The first kappa shape index (κ1) is 18.6. The van der Waals surface area contributed by atoms with Gasteiger partial charge in [-0.05, 0) is 24.0 Å². The highest BCUT2D eigenvalue weighted by Gasteiger charge is 2.40. The average Bonchev–Trinajstić information content (AvgIpc) is 2.72. The van der Waals surface area contributed by atoms with Gasteiger partial charge in [-0.25, -0.2) is 14.5 Å². The maximum absolute atomic E-state index is 12.9. The molecular weight excluding hydrogens is 346 g/mol. The molecule has 1 atom stereocenters. The molecule has 0 aliphatic carbocycles. The summed E-state index contributed by atoms with van der Waals surface area (Å²) in [6.07, 6.45) is -0.377. The largest absolute Gasteiger partial charge is 0.452 e. The van der Waals surface area contributed by atoms with Crippen LogP contribution in [0.3, 0.4) is 0 Å². The molecule has 0 spiro atoms. The van der Waals surface area contributed by atoms with E-state index in [0.29, 0.717) is 12.8 Å². The highest BCUT2D eigenvalue weighted by molar-refractivity contribution is 5.97. The molecule has 2 aromatic carbocycles. The second-order valence-electron chi connectivity index (χ2n) is 6.28. The molecule has 0 unspecified atom stereocenters. The quantitative estimate of drug-likeness (QED) is 0.774. The summed E-state index contributed by atoms with van der Waals surface area (Å²) in [7, 11) is 1.18. The lowest BCUT2D eigenvalue weighted by Crippen LogP contribution is -2.51. The lowest BCUT2D eigenvalue weighted by molar-refractivity contribution is -0.159. The second kappa shape index (κ2) is 8.49. The summed E-state index contributed by atoms with van der Waals surface area (Å²) in [5.41, 5.74) is 1.62. The minimum atomic E-state index is -0.978. The van der Waals surface area contributed by atoms with Gasteiger partial charge in [0.15, 0.2) is 6.10 Å². The van der Waals surface area contributed by atoms with E-state index in [1.165, 1.54) is 7.11 Å². The Hall–Kier alpha value is -3.15. The molecule has 2 aromatic rings. The average molecular weight is 367 g/mol. The molecule has 3 rings (SSSR count). The van der Waals surface area contributed by atoms with E-state index in [1.807, 2.05) is 60.7 Å². The molecule has 1 fully saturated rings. The summed E-state index contributed by atoms with van der Waals surface area (Å²) in [5.74, 6) is -1.04. The molecule has 6 heteroatoms. The van der Waals surface area contributed by atoms with Gasteiger partial charge >= 0.3 is 12.1 Å². The van der Waals surface area contributed by atoms with Gasteiger partial charge in [-0.1, -0.05) is 60.7 Å². The number of carbonyl (C=O) groups excluding carboxylic acids is 3. The van der Waals surface area contributed by atoms with Crippen LogP contribution < -0.4 is 0 Å². The van der Waals surface area contributed by atoms with E-state index in [9.17, 15) is 14.4 Å². The van der Waals surface area contributed by atoms with Crippen molar-refractivity contribution in [1.29, 1.82) is 0 Å². The molecule has 1 aliphatic heterocycles.